The van der Waals surface area contributed by atoms with Crippen molar-refractivity contribution in [3.63, 3.8) is 0 Å². The number of nitrogens with two attached hydrogens (primary N) is 2. The fourth-order valence-electron chi connectivity index (χ4n) is 0.776. The van der Waals surface area contributed by atoms with Gasteiger partial charge in [0.2, 0.25) is 11.0 Å². The van der Waals surface area contributed by atoms with Crippen LogP contribution in [0, 0.1) is 0 Å². The Bertz CT molecular complexity index is 374. The fourth-order valence-corrected chi connectivity index (χ4v) is 3.05. The first-order valence-electron chi connectivity index (χ1n) is 6.74. The third kappa shape index (κ3) is 9.78. The summed E-state index contributed by atoms with van der Waals surface area (Å²) in [4.78, 5) is 23.1. The van der Waals surface area contributed by atoms with E-state index >= 15 is 0 Å². The zero-order valence-electron chi connectivity index (χ0n) is 13.4. The summed E-state index contributed by atoms with van der Waals surface area (Å²) >= 11 is 0.429. The molecule has 0 spiro atoms. The summed E-state index contributed by atoms with van der Waals surface area (Å²) in [6, 6.07) is -0.916. The molecule has 17 heavy (non-hydrogen) atoms. The topological polar surface area (TPSA) is 98.2 Å². The van der Waals surface area contributed by atoms with Gasteiger partial charge in [-0.25, -0.2) is 0 Å². The molecule has 0 radical (unpaired) electrons. The van der Waals surface area contributed by atoms with Crippen molar-refractivity contribution in [1.82, 2.24) is 5.32 Å². The highest BCUT2D eigenvalue weighted by Crippen LogP contribution is 2.22. The van der Waals surface area contributed by atoms with Crippen molar-refractivity contribution in [3.8, 4) is 0 Å². The van der Waals surface area contributed by atoms with Gasteiger partial charge < -0.3 is 16.8 Å². The highest BCUT2D eigenvalue weighted by Gasteiger charge is 2.19. The third-order valence-corrected chi connectivity index (χ3v) is 4.14. The summed E-state index contributed by atoms with van der Waals surface area (Å²) in [7, 11) is 1.92. The predicted molar refractivity (Wildman–Crippen MR) is 78.1 cm³/mol. The summed E-state index contributed by atoms with van der Waals surface area (Å²) in [5.41, 5.74) is 6.94. The van der Waals surface area contributed by atoms with Crippen LogP contribution in [0.1, 0.15) is 12.4 Å². The molecule has 0 aromatic rings. The molecule has 0 aliphatic carbocycles. The van der Waals surface area contributed by atoms with E-state index in [2.05, 4.69) is 5.32 Å². The minimum absolute atomic E-state index is 0.107. The van der Waals surface area contributed by atoms with Crippen molar-refractivity contribution >= 4 is 44.4 Å². The van der Waals surface area contributed by atoms with Crippen LogP contribution in [0.25, 0.3) is 0 Å². The quantitative estimate of drug-likeness (QED) is 0.518. The van der Waals surface area contributed by atoms with E-state index < -0.39 is 28.5 Å². The monoisotopic (exact) mass is 301 g/mol. The Balaban J connectivity index is 4.58. The molecule has 0 fully saturated rings. The summed E-state index contributed by atoms with van der Waals surface area (Å²) in [6.45, 7) is 0.751. The number of carbonyl (C=O) groups is 2. The van der Waals surface area contributed by atoms with Gasteiger partial charge in [0.1, 0.15) is 6.04 Å². The molecule has 8 heteroatoms. The van der Waals surface area contributed by atoms with Crippen molar-refractivity contribution in [2.24, 2.45) is 11.5 Å². The van der Waals surface area contributed by atoms with Gasteiger partial charge in [0, 0.05) is 42.7 Å². The number of hydrogen-bond acceptors (Lipinski definition) is 7. The molecule has 5 nitrogen and oxygen atoms in total. The first kappa shape index (κ1) is 11.0. The number of amides is 1. The van der Waals surface area contributed by atoms with Crippen LogP contribution in [-0.2, 0) is 9.59 Å². The van der Waals surface area contributed by atoms with Crippen LogP contribution in [0.3, 0.4) is 0 Å². The van der Waals surface area contributed by atoms with E-state index in [0.717, 1.165) is 21.6 Å². The van der Waals surface area contributed by atoms with E-state index in [1.165, 1.54) is 6.92 Å². The Labute approximate surface area is 120 Å². The van der Waals surface area contributed by atoms with Crippen LogP contribution in [0.15, 0.2) is 0 Å². The van der Waals surface area contributed by atoms with Crippen LogP contribution in [-0.4, -0.2) is 47.3 Å². The van der Waals surface area contributed by atoms with Gasteiger partial charge in [0.15, 0.2) is 0 Å². The Hall–Kier alpha value is 0.110. The van der Waals surface area contributed by atoms with E-state index in [-0.39, 0.29) is 18.8 Å². The molecule has 0 saturated heterocycles. The minimum atomic E-state index is -1.91. The molecule has 5 N–H and O–H groups in total. The van der Waals surface area contributed by atoms with Crippen LogP contribution in [0.2, 0.25) is 0 Å². The molecular weight excluding hydrogens is 278 g/mol. The predicted octanol–water partition coefficient (Wildman–Crippen LogP) is 0.0497. The maximum absolute atomic E-state index is 12.0. The Morgan fingerprint density at radius 3 is 2.47 bits per heavy atom. The molecule has 0 aliphatic heterocycles. The molecule has 0 aromatic heterocycles. The lowest BCUT2D eigenvalue weighted by Gasteiger charge is -2.15. The van der Waals surface area contributed by atoms with Crippen molar-refractivity contribution in [2.75, 3.05) is 30.3 Å². The van der Waals surface area contributed by atoms with Crippen molar-refractivity contribution in [2.45, 2.75) is 13.0 Å². The second kappa shape index (κ2) is 11.2. The van der Waals surface area contributed by atoms with Gasteiger partial charge in [0.05, 0.1) is 0 Å². The Morgan fingerprint density at radius 2 is 1.94 bits per heavy atom. The third-order valence-electron chi connectivity index (χ3n) is 1.35. The summed E-state index contributed by atoms with van der Waals surface area (Å²) in [5, 5.41) is 1.87. The van der Waals surface area contributed by atoms with E-state index in [4.69, 9.17) is 17.0 Å². The van der Waals surface area contributed by atoms with Gasteiger partial charge >= 0.3 is 0 Å². The zero-order valence-corrected chi connectivity index (χ0v) is 11.8. The smallest absolute Gasteiger partial charge is 0.217 e. The second-order valence-electron chi connectivity index (χ2n) is 2.74. The number of thioether (sulfide) groups is 1. The number of hydrogen-bond donors (Lipinski definition) is 3. The van der Waals surface area contributed by atoms with E-state index in [1.54, 1.807) is 0 Å². The molecule has 0 saturated carbocycles. The average Bonchev–Trinajstić information content (AvgIpc) is 2.36. The number of nitrogens with one attached hydrogen (secondary N) is 1. The van der Waals surface area contributed by atoms with Gasteiger partial charge in [-0.3, -0.25) is 9.59 Å². The van der Waals surface area contributed by atoms with Gasteiger partial charge in [-0.2, -0.15) is 0 Å². The van der Waals surface area contributed by atoms with Gasteiger partial charge in [0.25, 0.3) is 0 Å². The SMILES string of the molecule is [2H]C([2H])(CN)SSC[C@H](NC(C)=O)C(=O)SC([2H])([2H])CN. The normalized spacial score (nSPS) is 17.4. The molecule has 0 bridgehead atoms. The van der Waals surface area contributed by atoms with E-state index in [1.807, 2.05) is 0 Å². The molecular formula is C9H19N3O2S3. The van der Waals surface area contributed by atoms with E-state index in [0.29, 0.717) is 11.8 Å². The molecule has 0 rings (SSSR count). The van der Waals surface area contributed by atoms with Crippen LogP contribution >= 0.6 is 33.3 Å². The largest absolute Gasteiger partial charge is 0.345 e. The maximum atomic E-state index is 12.0. The highest BCUT2D eigenvalue weighted by atomic mass is 33.1. The van der Waals surface area contributed by atoms with Crippen molar-refractivity contribution in [3.05, 3.63) is 0 Å². The Kier molecular flexibility index (Phi) is 7.24. The number of carbonyl (C=O) groups excluding carboxylic acids is 2. The van der Waals surface area contributed by atoms with Crippen molar-refractivity contribution < 1.29 is 15.1 Å². The molecule has 1 amide bonds. The van der Waals surface area contributed by atoms with Gasteiger partial charge in [-0.05, 0) is 0 Å². The average molecular weight is 301 g/mol. The van der Waals surface area contributed by atoms with Crippen LogP contribution in [0.4, 0.5) is 0 Å². The molecule has 0 aliphatic rings. The minimum Gasteiger partial charge on any atom is -0.345 e. The molecule has 1 atom stereocenters. The van der Waals surface area contributed by atoms with E-state index in [9.17, 15) is 9.59 Å². The first-order chi connectivity index (χ1) is 9.53. The van der Waals surface area contributed by atoms with Gasteiger partial charge in [-0.15, -0.1) is 0 Å². The lowest BCUT2D eigenvalue weighted by molar-refractivity contribution is -0.122. The lowest BCUT2D eigenvalue weighted by atomic mass is 10.4. The fraction of sp³-hybridized carbons (Fsp3) is 0.778. The standard InChI is InChI=1S/C9H19N3O2S3/c1-7(13)12-8(6-17-16-5-3-11)9(14)15-4-2-10/h8H,2-6,10-11H2,1H3,(H,12,13)/t8-/m0/s1/i4D2,5D2. The molecule has 0 aromatic carbocycles. The number of rotatable bonds is 9. The molecule has 100 valence electrons. The van der Waals surface area contributed by atoms with Crippen molar-refractivity contribution in [1.29, 1.82) is 0 Å². The van der Waals surface area contributed by atoms with Crippen LogP contribution < -0.4 is 16.8 Å². The second-order valence-corrected chi connectivity index (χ2v) is 5.87. The summed E-state index contributed by atoms with van der Waals surface area (Å²) in [5.74, 6) is -0.314. The highest BCUT2D eigenvalue weighted by molar-refractivity contribution is 8.76. The molecule has 0 heterocycles. The molecule has 0 unspecified atom stereocenters. The summed E-state index contributed by atoms with van der Waals surface area (Å²) in [6.07, 6.45) is 0. The first-order valence-corrected chi connectivity index (χ1v) is 7.87. The maximum Gasteiger partial charge on any atom is 0.217 e. The van der Waals surface area contributed by atoms with Crippen LogP contribution in [0.5, 0.6) is 0 Å². The van der Waals surface area contributed by atoms with Gasteiger partial charge in [-0.1, -0.05) is 33.3 Å². The Morgan fingerprint density at radius 1 is 1.29 bits per heavy atom. The summed E-state index contributed by atoms with van der Waals surface area (Å²) < 4.78 is 29.9. The zero-order chi connectivity index (χ0) is 16.7. The lowest BCUT2D eigenvalue weighted by Crippen LogP contribution is -2.40.